The molecule has 2 heterocycles. The van der Waals surface area contributed by atoms with Crippen molar-refractivity contribution in [2.45, 2.75) is 26.5 Å². The van der Waals surface area contributed by atoms with Crippen molar-refractivity contribution < 1.29 is 33.6 Å². The number of rotatable bonds is 9. The molecular formula is C31H29NO8. The quantitative estimate of drug-likeness (QED) is 0.244. The highest BCUT2D eigenvalue weighted by Crippen LogP contribution is 2.42. The summed E-state index contributed by atoms with van der Waals surface area (Å²) >= 11 is 0. The van der Waals surface area contributed by atoms with Crippen molar-refractivity contribution in [3.63, 3.8) is 0 Å². The Hall–Kier alpha value is -4.76. The fourth-order valence-corrected chi connectivity index (χ4v) is 5.17. The van der Waals surface area contributed by atoms with Gasteiger partial charge >= 0.3 is 11.6 Å². The molecule has 5 rings (SSSR count). The van der Waals surface area contributed by atoms with Gasteiger partial charge in [0, 0.05) is 28.9 Å². The first-order chi connectivity index (χ1) is 19.3. The third kappa shape index (κ3) is 4.54. The van der Waals surface area contributed by atoms with Crippen LogP contribution in [-0.4, -0.2) is 42.1 Å². The predicted molar refractivity (Wildman–Crippen MR) is 151 cm³/mol. The number of aromatic nitrogens is 1. The Kier molecular flexibility index (Phi) is 7.23. The van der Waals surface area contributed by atoms with Gasteiger partial charge in [-0.2, -0.15) is 0 Å². The molecule has 9 nitrogen and oxygen atoms in total. The Morgan fingerprint density at radius 3 is 2.40 bits per heavy atom. The van der Waals surface area contributed by atoms with Crippen LogP contribution in [0.4, 0.5) is 0 Å². The molecule has 206 valence electrons. The lowest BCUT2D eigenvalue weighted by molar-refractivity contribution is 0.0686. The summed E-state index contributed by atoms with van der Waals surface area (Å²) in [4.78, 5) is 26.5. The standard InChI is InChI=1S/C31H29NO8/c1-17-8-9-19(13-20(17)16-33)26-27-22-14-24(38-3)25(39-4)15-23(22)40-31(36)29(27)32(28(26)30(34)35)11-10-18-6-5-7-21(12-18)37-2/h5-9,12-15,33H,10-11,16H2,1-4H3,(H,34,35). The summed E-state index contributed by atoms with van der Waals surface area (Å²) in [5, 5.41) is 21.4. The summed E-state index contributed by atoms with van der Waals surface area (Å²) < 4.78 is 23.5. The molecule has 0 aliphatic carbocycles. The minimum absolute atomic E-state index is 0.0553. The molecule has 0 saturated carbocycles. The SMILES string of the molecule is COc1cccc(CCn2c(C(=O)O)c(-c3ccc(C)c(CO)c3)c3c4cc(OC)c(OC)cc4oc(=O)c32)c1. The first kappa shape index (κ1) is 26.8. The zero-order valence-corrected chi connectivity index (χ0v) is 22.6. The summed E-state index contributed by atoms with van der Waals surface area (Å²) in [5.74, 6) is 0.248. The van der Waals surface area contributed by atoms with E-state index in [1.807, 2.05) is 37.3 Å². The monoisotopic (exact) mass is 543 g/mol. The molecular weight excluding hydrogens is 514 g/mol. The molecule has 0 unspecified atom stereocenters. The molecule has 0 atom stereocenters. The average Bonchev–Trinajstić information content (AvgIpc) is 3.32. The second kappa shape index (κ2) is 10.8. The molecule has 0 aliphatic heterocycles. The van der Waals surface area contributed by atoms with Gasteiger partial charge < -0.3 is 33.4 Å². The number of aryl methyl sites for hydroxylation is 3. The topological polar surface area (TPSA) is 120 Å². The van der Waals surface area contributed by atoms with Crippen LogP contribution in [0.2, 0.25) is 0 Å². The first-order valence-corrected chi connectivity index (χ1v) is 12.6. The zero-order valence-electron chi connectivity index (χ0n) is 22.6. The lowest BCUT2D eigenvalue weighted by Gasteiger charge is -2.11. The first-order valence-electron chi connectivity index (χ1n) is 12.6. The summed E-state index contributed by atoms with van der Waals surface area (Å²) in [6, 6.07) is 16.1. The number of carbonyl (C=O) groups is 1. The molecule has 5 aromatic rings. The molecule has 40 heavy (non-hydrogen) atoms. The molecule has 2 N–H and O–H groups in total. The van der Waals surface area contributed by atoms with E-state index < -0.39 is 11.6 Å². The van der Waals surface area contributed by atoms with Gasteiger partial charge in [0.2, 0.25) is 0 Å². The second-order valence-electron chi connectivity index (χ2n) is 9.40. The Labute approximate surface area is 229 Å². The summed E-state index contributed by atoms with van der Waals surface area (Å²) in [6.45, 7) is 1.84. The van der Waals surface area contributed by atoms with E-state index in [0.717, 1.165) is 11.1 Å². The number of nitrogens with zero attached hydrogens (tertiary/aromatic N) is 1. The Bertz CT molecular complexity index is 1810. The lowest BCUT2D eigenvalue weighted by atomic mass is 9.96. The maximum absolute atomic E-state index is 13.6. The molecule has 0 aliphatic rings. The minimum atomic E-state index is -1.20. The van der Waals surface area contributed by atoms with Crippen LogP contribution in [0.25, 0.3) is 33.0 Å². The normalized spacial score (nSPS) is 11.2. The van der Waals surface area contributed by atoms with Crippen molar-refractivity contribution in [2.75, 3.05) is 21.3 Å². The van der Waals surface area contributed by atoms with Crippen LogP contribution in [-0.2, 0) is 19.6 Å². The highest BCUT2D eigenvalue weighted by atomic mass is 16.5. The van der Waals surface area contributed by atoms with Crippen LogP contribution in [0.1, 0.15) is 27.2 Å². The molecule has 0 spiro atoms. The van der Waals surface area contributed by atoms with Crippen molar-refractivity contribution in [2.24, 2.45) is 0 Å². The van der Waals surface area contributed by atoms with Crippen LogP contribution < -0.4 is 19.8 Å². The molecule has 3 aromatic carbocycles. The van der Waals surface area contributed by atoms with Gasteiger partial charge in [0.15, 0.2) is 11.5 Å². The Morgan fingerprint density at radius 2 is 1.73 bits per heavy atom. The Balaban J connectivity index is 1.88. The van der Waals surface area contributed by atoms with Gasteiger partial charge in [-0.05, 0) is 59.9 Å². The van der Waals surface area contributed by atoms with E-state index in [4.69, 9.17) is 18.6 Å². The molecule has 9 heteroatoms. The van der Waals surface area contributed by atoms with E-state index in [9.17, 15) is 19.8 Å². The second-order valence-corrected chi connectivity index (χ2v) is 9.40. The number of aliphatic hydroxyl groups is 1. The largest absolute Gasteiger partial charge is 0.497 e. The number of fused-ring (bicyclic) bond motifs is 3. The van der Waals surface area contributed by atoms with Crippen LogP contribution in [0.3, 0.4) is 0 Å². The average molecular weight is 544 g/mol. The summed E-state index contributed by atoms with van der Waals surface area (Å²) in [6.07, 6.45) is 0.430. The van der Waals surface area contributed by atoms with Gasteiger partial charge in [0.05, 0.1) is 27.9 Å². The highest BCUT2D eigenvalue weighted by Gasteiger charge is 2.29. The van der Waals surface area contributed by atoms with Crippen molar-refractivity contribution in [1.29, 1.82) is 0 Å². The molecule has 0 fully saturated rings. The maximum Gasteiger partial charge on any atom is 0.361 e. The van der Waals surface area contributed by atoms with E-state index in [2.05, 4.69) is 0 Å². The summed E-state index contributed by atoms with van der Waals surface area (Å²) in [5.41, 5.74) is 2.96. The number of carboxylic acids is 1. The number of aromatic carboxylic acids is 1. The van der Waals surface area contributed by atoms with Gasteiger partial charge in [-0.25, -0.2) is 9.59 Å². The van der Waals surface area contributed by atoms with Crippen molar-refractivity contribution in [3.8, 4) is 28.4 Å². The molecule has 0 radical (unpaired) electrons. The number of hydrogen-bond acceptors (Lipinski definition) is 7. The Morgan fingerprint density at radius 1 is 0.975 bits per heavy atom. The minimum Gasteiger partial charge on any atom is -0.497 e. The van der Waals surface area contributed by atoms with Crippen LogP contribution in [0.5, 0.6) is 17.2 Å². The van der Waals surface area contributed by atoms with E-state index in [1.54, 1.807) is 31.4 Å². The fraction of sp³-hybridized carbons (Fsp3) is 0.226. The smallest absolute Gasteiger partial charge is 0.361 e. The van der Waals surface area contributed by atoms with E-state index in [0.29, 0.717) is 51.1 Å². The number of aliphatic hydroxyl groups excluding tert-OH is 1. The van der Waals surface area contributed by atoms with Crippen LogP contribution in [0.15, 0.2) is 63.8 Å². The number of ether oxygens (including phenoxy) is 3. The molecule has 0 bridgehead atoms. The van der Waals surface area contributed by atoms with E-state index in [1.165, 1.54) is 18.8 Å². The van der Waals surface area contributed by atoms with Gasteiger partial charge in [0.1, 0.15) is 22.5 Å². The molecule has 0 amide bonds. The fourth-order valence-electron chi connectivity index (χ4n) is 5.17. The molecule has 2 aromatic heterocycles. The van der Waals surface area contributed by atoms with E-state index in [-0.39, 0.29) is 29.9 Å². The third-order valence-corrected chi connectivity index (χ3v) is 7.18. The number of benzene rings is 3. The van der Waals surface area contributed by atoms with Gasteiger partial charge in [-0.3, -0.25) is 0 Å². The maximum atomic E-state index is 13.6. The third-order valence-electron chi connectivity index (χ3n) is 7.18. The van der Waals surface area contributed by atoms with Gasteiger partial charge in [0.25, 0.3) is 0 Å². The van der Waals surface area contributed by atoms with Gasteiger partial charge in [-0.15, -0.1) is 0 Å². The van der Waals surface area contributed by atoms with Crippen molar-refractivity contribution in [1.82, 2.24) is 4.57 Å². The van der Waals surface area contributed by atoms with Crippen LogP contribution >= 0.6 is 0 Å². The molecule has 0 saturated heterocycles. The van der Waals surface area contributed by atoms with Crippen LogP contribution in [0, 0.1) is 6.92 Å². The number of hydrogen-bond donors (Lipinski definition) is 2. The van der Waals surface area contributed by atoms with Gasteiger partial charge in [-0.1, -0.05) is 24.3 Å². The highest BCUT2D eigenvalue weighted by molar-refractivity contribution is 6.17. The predicted octanol–water partition coefficient (Wildman–Crippen LogP) is 5.18. The van der Waals surface area contributed by atoms with Crippen molar-refractivity contribution in [3.05, 3.63) is 87.4 Å². The van der Waals surface area contributed by atoms with Crippen molar-refractivity contribution >= 4 is 27.8 Å². The van der Waals surface area contributed by atoms with E-state index >= 15 is 0 Å². The zero-order chi connectivity index (χ0) is 28.6. The summed E-state index contributed by atoms with van der Waals surface area (Å²) in [7, 11) is 4.55. The number of carboxylic acid groups (broad SMARTS) is 1. The number of methoxy groups -OCH3 is 3. The lowest BCUT2D eigenvalue weighted by Crippen LogP contribution is -2.14.